The number of rotatable bonds is 4. The Morgan fingerprint density at radius 1 is 1.38 bits per heavy atom. The molecule has 0 aliphatic rings. The molecule has 2 rings (SSSR count). The quantitative estimate of drug-likeness (QED) is 0.926. The fourth-order valence-electron chi connectivity index (χ4n) is 1.87. The summed E-state index contributed by atoms with van der Waals surface area (Å²) >= 11 is 1.62. The predicted molar refractivity (Wildman–Crippen MR) is 83.3 cm³/mol. The lowest BCUT2D eigenvalue weighted by molar-refractivity contribution is 0.0695. The van der Waals surface area contributed by atoms with E-state index in [2.05, 4.69) is 25.8 Å². The standard InChI is InChI=1S/C16H19NO3S/c1-10-12(14(18)19)6-5-7-13(10)20-8-11-9-21-15(17-11)16(2,3)4/h5-7,9H,8H2,1-4H3,(H,18,19). The number of aromatic carboxylic acids is 1. The molecule has 0 bridgehead atoms. The molecule has 4 nitrogen and oxygen atoms in total. The second-order valence-electron chi connectivity index (χ2n) is 5.92. The minimum absolute atomic E-state index is 0.0298. The number of benzene rings is 1. The smallest absolute Gasteiger partial charge is 0.336 e. The van der Waals surface area contributed by atoms with E-state index >= 15 is 0 Å². The van der Waals surface area contributed by atoms with Gasteiger partial charge < -0.3 is 9.84 Å². The third kappa shape index (κ3) is 3.61. The van der Waals surface area contributed by atoms with Crippen LogP contribution in [0.5, 0.6) is 5.75 Å². The largest absolute Gasteiger partial charge is 0.487 e. The molecule has 0 saturated carbocycles. The van der Waals surface area contributed by atoms with Gasteiger partial charge in [-0.15, -0.1) is 11.3 Å². The SMILES string of the molecule is Cc1c(OCc2csc(C(C)(C)C)n2)cccc1C(=O)O. The van der Waals surface area contributed by atoms with Crippen LogP contribution in [0.1, 0.15) is 47.4 Å². The van der Waals surface area contributed by atoms with Gasteiger partial charge in [-0.25, -0.2) is 9.78 Å². The molecule has 0 amide bonds. The zero-order chi connectivity index (χ0) is 15.6. The van der Waals surface area contributed by atoms with E-state index in [-0.39, 0.29) is 11.0 Å². The highest BCUT2D eigenvalue weighted by Gasteiger charge is 2.18. The summed E-state index contributed by atoms with van der Waals surface area (Å²) in [7, 11) is 0. The monoisotopic (exact) mass is 305 g/mol. The van der Waals surface area contributed by atoms with E-state index in [1.165, 1.54) is 0 Å². The van der Waals surface area contributed by atoms with Gasteiger partial charge in [0.2, 0.25) is 0 Å². The summed E-state index contributed by atoms with van der Waals surface area (Å²) < 4.78 is 5.72. The highest BCUT2D eigenvalue weighted by atomic mass is 32.1. The number of thiazole rings is 1. The first-order valence-electron chi connectivity index (χ1n) is 6.69. The molecule has 5 heteroatoms. The minimum atomic E-state index is -0.943. The Balaban J connectivity index is 2.12. The van der Waals surface area contributed by atoms with Gasteiger partial charge in [-0.1, -0.05) is 26.8 Å². The first-order valence-corrected chi connectivity index (χ1v) is 7.57. The van der Waals surface area contributed by atoms with Crippen molar-refractivity contribution in [3.05, 3.63) is 45.4 Å². The van der Waals surface area contributed by atoms with E-state index in [9.17, 15) is 4.79 Å². The fourth-order valence-corrected chi connectivity index (χ4v) is 2.76. The van der Waals surface area contributed by atoms with Crippen molar-refractivity contribution in [3.63, 3.8) is 0 Å². The van der Waals surface area contributed by atoms with E-state index in [0.29, 0.717) is 17.9 Å². The lowest BCUT2D eigenvalue weighted by Gasteiger charge is -2.13. The minimum Gasteiger partial charge on any atom is -0.487 e. The molecule has 21 heavy (non-hydrogen) atoms. The van der Waals surface area contributed by atoms with E-state index in [0.717, 1.165) is 10.7 Å². The van der Waals surface area contributed by atoms with Crippen molar-refractivity contribution in [3.8, 4) is 5.75 Å². The molecule has 1 N–H and O–H groups in total. The zero-order valence-corrected chi connectivity index (χ0v) is 13.5. The maximum absolute atomic E-state index is 11.1. The topological polar surface area (TPSA) is 59.4 Å². The maximum Gasteiger partial charge on any atom is 0.336 e. The normalized spacial score (nSPS) is 11.4. The van der Waals surface area contributed by atoms with Gasteiger partial charge >= 0.3 is 5.97 Å². The Hall–Kier alpha value is -1.88. The Labute approximate surface area is 128 Å². The second-order valence-corrected chi connectivity index (χ2v) is 6.77. The third-order valence-electron chi connectivity index (χ3n) is 3.08. The van der Waals surface area contributed by atoms with Crippen molar-refractivity contribution >= 4 is 17.3 Å². The number of nitrogens with zero attached hydrogens (tertiary/aromatic N) is 1. The Morgan fingerprint density at radius 2 is 2.10 bits per heavy atom. The summed E-state index contributed by atoms with van der Waals surface area (Å²) in [5, 5.41) is 12.2. The number of carbonyl (C=O) groups is 1. The molecule has 0 aliphatic heterocycles. The first-order chi connectivity index (χ1) is 9.79. The van der Waals surface area contributed by atoms with Gasteiger partial charge in [-0.05, 0) is 19.1 Å². The van der Waals surface area contributed by atoms with Crippen LogP contribution in [0.2, 0.25) is 0 Å². The van der Waals surface area contributed by atoms with Gasteiger partial charge in [-0.3, -0.25) is 0 Å². The Morgan fingerprint density at radius 3 is 2.67 bits per heavy atom. The third-order valence-corrected chi connectivity index (χ3v) is 4.40. The average Bonchev–Trinajstić information content (AvgIpc) is 2.86. The first kappa shape index (κ1) is 15.5. The van der Waals surface area contributed by atoms with Crippen molar-refractivity contribution in [2.45, 2.75) is 39.7 Å². The van der Waals surface area contributed by atoms with Gasteiger partial charge in [0.1, 0.15) is 12.4 Å². The van der Waals surface area contributed by atoms with Gasteiger partial charge in [0.25, 0.3) is 0 Å². The molecule has 0 saturated heterocycles. The summed E-state index contributed by atoms with van der Waals surface area (Å²) in [6.07, 6.45) is 0. The van der Waals surface area contributed by atoms with Gasteiger partial charge in [-0.2, -0.15) is 0 Å². The summed E-state index contributed by atoms with van der Waals surface area (Å²) in [6, 6.07) is 5.04. The van der Waals surface area contributed by atoms with Crippen molar-refractivity contribution < 1.29 is 14.6 Å². The molecule has 0 spiro atoms. The van der Waals surface area contributed by atoms with Crippen LogP contribution < -0.4 is 4.74 Å². The van der Waals surface area contributed by atoms with E-state index in [1.807, 2.05) is 5.38 Å². The van der Waals surface area contributed by atoms with Crippen LogP contribution in [0, 0.1) is 6.92 Å². The van der Waals surface area contributed by atoms with Crippen molar-refractivity contribution in [1.82, 2.24) is 4.98 Å². The molecule has 1 aromatic carbocycles. The van der Waals surface area contributed by atoms with Crippen molar-refractivity contribution in [2.24, 2.45) is 0 Å². The molecule has 0 atom stereocenters. The summed E-state index contributed by atoms with van der Waals surface area (Å²) in [5.41, 5.74) is 1.80. The number of carboxylic acids is 1. The van der Waals surface area contributed by atoms with Crippen LogP contribution in [0.3, 0.4) is 0 Å². The molecule has 0 unspecified atom stereocenters. The molecule has 1 aromatic heterocycles. The number of aromatic nitrogens is 1. The number of carboxylic acid groups (broad SMARTS) is 1. The van der Waals surface area contributed by atoms with E-state index in [4.69, 9.17) is 9.84 Å². The number of hydrogen-bond donors (Lipinski definition) is 1. The Kier molecular flexibility index (Phi) is 4.32. The molecule has 1 heterocycles. The van der Waals surface area contributed by atoms with E-state index in [1.54, 1.807) is 36.5 Å². The van der Waals surface area contributed by atoms with Crippen molar-refractivity contribution in [2.75, 3.05) is 0 Å². The predicted octanol–water partition coefficient (Wildman–Crippen LogP) is 4.03. The van der Waals surface area contributed by atoms with Crippen LogP contribution >= 0.6 is 11.3 Å². The molecule has 0 aliphatic carbocycles. The lowest BCUT2D eigenvalue weighted by Crippen LogP contribution is -2.11. The average molecular weight is 305 g/mol. The number of ether oxygens (including phenoxy) is 1. The van der Waals surface area contributed by atoms with Crippen LogP contribution in [0.15, 0.2) is 23.6 Å². The summed E-state index contributed by atoms with van der Waals surface area (Å²) in [6.45, 7) is 8.46. The maximum atomic E-state index is 11.1. The molecule has 0 radical (unpaired) electrons. The van der Waals surface area contributed by atoms with Crippen LogP contribution in [-0.2, 0) is 12.0 Å². The Bertz CT molecular complexity index is 656. The number of hydrogen-bond acceptors (Lipinski definition) is 4. The van der Waals surface area contributed by atoms with Gasteiger partial charge in [0, 0.05) is 16.4 Å². The van der Waals surface area contributed by atoms with Gasteiger partial charge in [0.15, 0.2) is 0 Å². The summed E-state index contributed by atoms with van der Waals surface area (Å²) in [4.78, 5) is 15.7. The molecule has 0 fully saturated rings. The van der Waals surface area contributed by atoms with Crippen molar-refractivity contribution in [1.29, 1.82) is 0 Å². The molecular weight excluding hydrogens is 286 g/mol. The molecular formula is C16H19NO3S. The summed E-state index contributed by atoms with van der Waals surface area (Å²) in [5.74, 6) is -0.359. The highest BCUT2D eigenvalue weighted by molar-refractivity contribution is 7.09. The second kappa shape index (κ2) is 5.85. The fraction of sp³-hybridized carbons (Fsp3) is 0.375. The lowest BCUT2D eigenvalue weighted by atomic mass is 9.98. The molecule has 2 aromatic rings. The van der Waals surface area contributed by atoms with E-state index < -0.39 is 5.97 Å². The van der Waals surface area contributed by atoms with Crippen LogP contribution in [0.25, 0.3) is 0 Å². The molecule has 112 valence electrons. The van der Waals surface area contributed by atoms with Gasteiger partial charge in [0.05, 0.1) is 16.3 Å². The van der Waals surface area contributed by atoms with Crippen LogP contribution in [0.4, 0.5) is 0 Å². The van der Waals surface area contributed by atoms with Crippen LogP contribution in [-0.4, -0.2) is 16.1 Å². The highest BCUT2D eigenvalue weighted by Crippen LogP contribution is 2.27. The zero-order valence-electron chi connectivity index (χ0n) is 12.6.